The fourth-order valence-electron chi connectivity index (χ4n) is 3.56. The van der Waals surface area contributed by atoms with Crippen molar-refractivity contribution in [2.24, 2.45) is 5.92 Å². The summed E-state index contributed by atoms with van der Waals surface area (Å²) in [7, 11) is 0. The van der Waals surface area contributed by atoms with Crippen molar-refractivity contribution in [2.75, 3.05) is 18.0 Å². The lowest BCUT2D eigenvalue weighted by molar-refractivity contribution is -0.121. The SMILES string of the molecule is Cc1ccc(CNC(=O)Cn2cnc3nc(N4CCCC(C)C4)sc3c2=O)cc1. The van der Waals surface area contributed by atoms with Gasteiger partial charge in [0, 0.05) is 19.6 Å². The molecule has 1 N–H and O–H groups in total. The lowest BCUT2D eigenvalue weighted by Crippen LogP contribution is -2.34. The third kappa shape index (κ3) is 4.48. The summed E-state index contributed by atoms with van der Waals surface area (Å²) < 4.78 is 1.86. The van der Waals surface area contributed by atoms with E-state index in [-0.39, 0.29) is 18.0 Å². The van der Waals surface area contributed by atoms with Crippen molar-refractivity contribution in [3.8, 4) is 0 Å². The molecule has 1 aromatic carbocycles. The van der Waals surface area contributed by atoms with Crippen LogP contribution in [0.5, 0.6) is 0 Å². The summed E-state index contributed by atoms with van der Waals surface area (Å²) in [4.78, 5) is 36.2. The van der Waals surface area contributed by atoms with E-state index in [2.05, 4.69) is 27.1 Å². The van der Waals surface area contributed by atoms with Crippen molar-refractivity contribution in [1.29, 1.82) is 0 Å². The molecule has 7 nitrogen and oxygen atoms in total. The van der Waals surface area contributed by atoms with Crippen LogP contribution in [0.4, 0.5) is 5.13 Å². The van der Waals surface area contributed by atoms with E-state index in [4.69, 9.17) is 0 Å². The molecular weight excluding hydrogens is 386 g/mol. The molecule has 0 aliphatic carbocycles. The molecule has 1 fully saturated rings. The maximum atomic E-state index is 12.8. The average molecular weight is 412 g/mol. The topological polar surface area (TPSA) is 80.1 Å². The minimum Gasteiger partial charge on any atom is -0.350 e. The molecule has 0 bridgehead atoms. The number of thiazole rings is 1. The molecule has 1 aliphatic heterocycles. The van der Waals surface area contributed by atoms with E-state index < -0.39 is 0 Å². The highest BCUT2D eigenvalue weighted by Gasteiger charge is 2.21. The zero-order chi connectivity index (χ0) is 20.4. The van der Waals surface area contributed by atoms with Gasteiger partial charge in [0.15, 0.2) is 10.8 Å². The number of aromatic nitrogens is 3. The third-order valence-electron chi connectivity index (χ3n) is 5.22. The summed E-state index contributed by atoms with van der Waals surface area (Å²) in [6.07, 6.45) is 3.78. The molecule has 29 heavy (non-hydrogen) atoms. The number of hydrogen-bond acceptors (Lipinski definition) is 6. The maximum Gasteiger partial charge on any atom is 0.273 e. The number of hydrogen-bond donors (Lipinski definition) is 1. The predicted octanol–water partition coefficient (Wildman–Crippen LogP) is 2.71. The van der Waals surface area contributed by atoms with Crippen LogP contribution in [-0.2, 0) is 17.9 Å². The van der Waals surface area contributed by atoms with Crippen molar-refractivity contribution in [1.82, 2.24) is 19.9 Å². The molecule has 0 spiro atoms. The summed E-state index contributed by atoms with van der Waals surface area (Å²) >= 11 is 1.37. The van der Waals surface area contributed by atoms with Gasteiger partial charge in [-0.2, -0.15) is 4.98 Å². The Morgan fingerprint density at radius 3 is 2.86 bits per heavy atom. The number of piperidine rings is 1. The highest BCUT2D eigenvalue weighted by Crippen LogP contribution is 2.28. The van der Waals surface area contributed by atoms with Crippen LogP contribution >= 0.6 is 11.3 Å². The van der Waals surface area contributed by atoms with Crippen LogP contribution in [0.2, 0.25) is 0 Å². The number of anilines is 1. The predicted molar refractivity (Wildman–Crippen MR) is 115 cm³/mol. The van der Waals surface area contributed by atoms with Crippen LogP contribution < -0.4 is 15.8 Å². The first-order valence-electron chi connectivity index (χ1n) is 9.93. The first-order chi connectivity index (χ1) is 14.0. The summed E-state index contributed by atoms with van der Waals surface area (Å²) in [5.74, 6) is 0.404. The van der Waals surface area contributed by atoms with Gasteiger partial charge in [-0.3, -0.25) is 14.2 Å². The molecule has 1 atom stereocenters. The van der Waals surface area contributed by atoms with Crippen molar-refractivity contribution < 1.29 is 4.79 Å². The quantitative estimate of drug-likeness (QED) is 0.698. The van der Waals surface area contributed by atoms with E-state index in [1.54, 1.807) is 0 Å². The van der Waals surface area contributed by atoms with E-state index in [0.29, 0.717) is 22.8 Å². The van der Waals surface area contributed by atoms with Crippen LogP contribution in [0.1, 0.15) is 30.9 Å². The van der Waals surface area contributed by atoms with E-state index in [9.17, 15) is 9.59 Å². The highest BCUT2D eigenvalue weighted by molar-refractivity contribution is 7.22. The largest absolute Gasteiger partial charge is 0.350 e. The van der Waals surface area contributed by atoms with Gasteiger partial charge < -0.3 is 10.2 Å². The van der Waals surface area contributed by atoms with E-state index >= 15 is 0 Å². The van der Waals surface area contributed by atoms with Gasteiger partial charge in [0.25, 0.3) is 5.56 Å². The highest BCUT2D eigenvalue weighted by atomic mass is 32.1. The first-order valence-corrected chi connectivity index (χ1v) is 10.7. The number of amides is 1. The minimum absolute atomic E-state index is 0.0540. The van der Waals surface area contributed by atoms with Crippen LogP contribution in [-0.4, -0.2) is 33.5 Å². The van der Waals surface area contributed by atoms with Gasteiger partial charge in [-0.15, -0.1) is 0 Å². The van der Waals surface area contributed by atoms with E-state index in [1.165, 1.54) is 34.2 Å². The molecule has 1 aliphatic rings. The van der Waals surface area contributed by atoms with Crippen molar-refractivity contribution in [3.63, 3.8) is 0 Å². The molecule has 152 valence electrons. The van der Waals surface area contributed by atoms with Crippen molar-refractivity contribution in [3.05, 3.63) is 52.1 Å². The van der Waals surface area contributed by atoms with Crippen LogP contribution in [0.15, 0.2) is 35.4 Å². The van der Waals surface area contributed by atoms with Crippen molar-refractivity contribution >= 4 is 32.7 Å². The molecule has 8 heteroatoms. The van der Waals surface area contributed by atoms with Crippen molar-refractivity contribution in [2.45, 2.75) is 39.8 Å². The Morgan fingerprint density at radius 2 is 2.10 bits per heavy atom. The molecule has 2 aromatic heterocycles. The average Bonchev–Trinajstić information content (AvgIpc) is 3.15. The summed E-state index contributed by atoms with van der Waals surface area (Å²) in [5, 5.41) is 3.70. The molecule has 1 unspecified atom stereocenters. The normalized spacial score (nSPS) is 16.9. The Hall–Kier alpha value is -2.74. The Balaban J connectivity index is 1.46. The molecular formula is C21H25N5O2S. The van der Waals surface area contributed by atoms with Gasteiger partial charge in [0.2, 0.25) is 5.91 Å². The fourth-order valence-corrected chi connectivity index (χ4v) is 4.57. The van der Waals surface area contributed by atoms with Gasteiger partial charge in [0.1, 0.15) is 17.6 Å². The van der Waals surface area contributed by atoms with Gasteiger partial charge >= 0.3 is 0 Å². The van der Waals surface area contributed by atoms with Crippen LogP contribution in [0.25, 0.3) is 10.3 Å². The number of benzene rings is 1. The Labute approximate surface area is 173 Å². The van der Waals surface area contributed by atoms with Crippen LogP contribution in [0, 0.1) is 12.8 Å². The monoisotopic (exact) mass is 411 g/mol. The number of nitrogens with zero attached hydrogens (tertiary/aromatic N) is 4. The minimum atomic E-state index is -0.219. The smallest absolute Gasteiger partial charge is 0.273 e. The van der Waals surface area contributed by atoms with Gasteiger partial charge in [-0.05, 0) is 31.2 Å². The lowest BCUT2D eigenvalue weighted by Gasteiger charge is -2.30. The second-order valence-electron chi connectivity index (χ2n) is 7.78. The molecule has 0 radical (unpaired) electrons. The first kappa shape index (κ1) is 19.6. The van der Waals surface area contributed by atoms with Crippen LogP contribution in [0.3, 0.4) is 0 Å². The number of aryl methyl sites for hydroxylation is 1. The summed E-state index contributed by atoms with van der Waals surface area (Å²) in [6, 6.07) is 7.98. The standard InChI is InChI=1S/C21H25N5O2S/c1-14-5-7-16(8-6-14)10-22-17(27)12-26-13-23-19-18(20(26)28)29-21(24-19)25-9-3-4-15(2)11-25/h5-8,13,15H,3-4,9-12H2,1-2H3,(H,22,27). The Morgan fingerprint density at radius 1 is 1.31 bits per heavy atom. The number of fused-ring (bicyclic) bond motifs is 1. The second kappa shape index (κ2) is 8.32. The molecule has 1 amide bonds. The Kier molecular flexibility index (Phi) is 5.62. The number of rotatable bonds is 5. The molecule has 3 heterocycles. The molecule has 1 saturated heterocycles. The fraction of sp³-hybridized carbons (Fsp3) is 0.429. The molecule has 3 aromatic rings. The lowest BCUT2D eigenvalue weighted by atomic mass is 10.0. The Bertz CT molecular complexity index is 1070. The van der Waals surface area contributed by atoms with Gasteiger partial charge in [-0.1, -0.05) is 48.1 Å². The number of carbonyl (C=O) groups is 1. The van der Waals surface area contributed by atoms with E-state index in [1.807, 2.05) is 31.2 Å². The number of carbonyl (C=O) groups excluding carboxylic acids is 1. The zero-order valence-corrected chi connectivity index (χ0v) is 17.5. The molecule has 0 saturated carbocycles. The third-order valence-corrected chi connectivity index (χ3v) is 6.32. The van der Waals surface area contributed by atoms with Gasteiger partial charge in [-0.25, -0.2) is 4.98 Å². The summed E-state index contributed by atoms with van der Waals surface area (Å²) in [6.45, 7) is 6.55. The van der Waals surface area contributed by atoms with E-state index in [0.717, 1.165) is 30.2 Å². The second-order valence-corrected chi connectivity index (χ2v) is 8.76. The summed E-state index contributed by atoms with van der Waals surface area (Å²) in [5.41, 5.74) is 2.44. The molecule has 4 rings (SSSR count). The number of nitrogens with one attached hydrogen (secondary N) is 1. The maximum absolute atomic E-state index is 12.8. The zero-order valence-electron chi connectivity index (χ0n) is 16.7. The van der Waals surface area contributed by atoms with Gasteiger partial charge in [0.05, 0.1) is 0 Å².